The van der Waals surface area contributed by atoms with Crippen LogP contribution in [0.5, 0.6) is 5.19 Å². The van der Waals surface area contributed by atoms with Gasteiger partial charge in [0, 0.05) is 6.07 Å². The van der Waals surface area contributed by atoms with E-state index in [1.807, 2.05) is 31.2 Å². The van der Waals surface area contributed by atoms with Gasteiger partial charge in [-0.15, -0.1) is 4.57 Å². The number of nitrogens with zero attached hydrogens (tertiary/aromatic N) is 1. The van der Waals surface area contributed by atoms with E-state index in [0.717, 1.165) is 15.8 Å². The Morgan fingerprint density at radius 2 is 1.87 bits per heavy atom. The molecule has 0 radical (unpaired) electrons. The summed E-state index contributed by atoms with van der Waals surface area (Å²) in [5.41, 5.74) is 1.92. The molecule has 0 amide bonds. The van der Waals surface area contributed by atoms with Crippen molar-refractivity contribution < 1.29 is 17.2 Å². The molecule has 118 valence electrons. The third kappa shape index (κ3) is 3.13. The molecule has 0 bridgehead atoms. The first-order valence-corrected chi connectivity index (χ1v) is 9.27. The first-order valence-electron chi connectivity index (χ1n) is 7.05. The van der Waals surface area contributed by atoms with Gasteiger partial charge in [-0.25, -0.2) is 0 Å². The number of aromatic nitrogens is 1. The average Bonchev–Trinajstić information content (AvgIpc) is 2.85. The van der Waals surface area contributed by atoms with E-state index < -0.39 is 10.1 Å². The maximum Gasteiger partial charge on any atom is 0.447 e. The Labute approximate surface area is 139 Å². The topological polar surface area (TPSA) is 47.2 Å². The zero-order chi connectivity index (χ0) is 16.4. The molecule has 0 saturated carbocycles. The van der Waals surface area contributed by atoms with Gasteiger partial charge in [0.05, 0.1) is 0 Å². The Morgan fingerprint density at radius 3 is 2.57 bits per heavy atom. The molecule has 3 aromatic rings. The fourth-order valence-electron chi connectivity index (χ4n) is 2.22. The first kappa shape index (κ1) is 15.7. The van der Waals surface area contributed by atoms with E-state index in [1.165, 1.54) is 11.3 Å². The molecule has 23 heavy (non-hydrogen) atoms. The number of allylic oxidation sites excluding steroid dienone is 1. The minimum Gasteiger partial charge on any atom is -0.310 e. The summed E-state index contributed by atoms with van der Waals surface area (Å²) in [6, 6.07) is 14.3. The monoisotopic (exact) mass is 346 g/mol. The standard InChI is InChI=1S/C17H16NO3S2/c1-3-12-18-15-6-4-5-7-16(15)22-17(18)21-23(19,20)14-10-8-13(2)9-11-14/h3-11H,1,12H2,2H3/q+1. The second-order valence-electron chi connectivity index (χ2n) is 5.09. The zero-order valence-corrected chi connectivity index (χ0v) is 14.2. The number of rotatable bonds is 5. The normalized spacial score (nSPS) is 11.5. The number of para-hydroxylation sites is 1. The van der Waals surface area contributed by atoms with E-state index in [0.29, 0.717) is 11.7 Å². The van der Waals surface area contributed by atoms with Crippen LogP contribution in [0.2, 0.25) is 0 Å². The average molecular weight is 346 g/mol. The van der Waals surface area contributed by atoms with Gasteiger partial charge in [0.15, 0.2) is 6.54 Å². The Bertz CT molecular complexity index is 957. The van der Waals surface area contributed by atoms with Gasteiger partial charge in [0.2, 0.25) is 5.52 Å². The third-order valence-corrected chi connectivity index (χ3v) is 5.75. The molecule has 3 rings (SSSR count). The van der Waals surface area contributed by atoms with Crippen LogP contribution in [0.3, 0.4) is 0 Å². The lowest BCUT2D eigenvalue weighted by Crippen LogP contribution is -2.34. The summed E-state index contributed by atoms with van der Waals surface area (Å²) in [4.78, 5) is 0.144. The van der Waals surface area contributed by atoms with E-state index in [4.69, 9.17) is 4.18 Å². The lowest BCUT2D eigenvalue weighted by atomic mass is 10.2. The molecule has 6 heteroatoms. The SMILES string of the molecule is C=CC[n+]1c(OS(=O)(=O)c2ccc(C)cc2)sc2ccccc21. The molecular weight excluding hydrogens is 330 g/mol. The molecule has 0 aliphatic rings. The van der Waals surface area contributed by atoms with Crippen molar-refractivity contribution in [3.63, 3.8) is 0 Å². The van der Waals surface area contributed by atoms with Crippen molar-refractivity contribution >= 4 is 31.7 Å². The number of hydrogen-bond acceptors (Lipinski definition) is 4. The Kier molecular flexibility index (Phi) is 4.19. The van der Waals surface area contributed by atoms with Crippen molar-refractivity contribution in [2.45, 2.75) is 18.4 Å². The minimum absolute atomic E-state index is 0.144. The Morgan fingerprint density at radius 1 is 1.17 bits per heavy atom. The van der Waals surface area contributed by atoms with Crippen molar-refractivity contribution in [1.82, 2.24) is 0 Å². The van der Waals surface area contributed by atoms with Gasteiger partial charge >= 0.3 is 15.3 Å². The van der Waals surface area contributed by atoms with Crippen molar-refractivity contribution in [3.05, 3.63) is 66.7 Å². The highest BCUT2D eigenvalue weighted by molar-refractivity contribution is 7.87. The molecule has 0 spiro atoms. The van der Waals surface area contributed by atoms with Crippen molar-refractivity contribution in [3.8, 4) is 5.19 Å². The van der Waals surface area contributed by atoms with Gasteiger partial charge in [-0.05, 0) is 42.5 Å². The van der Waals surface area contributed by atoms with Gasteiger partial charge in [-0.2, -0.15) is 8.42 Å². The van der Waals surface area contributed by atoms with Gasteiger partial charge in [-0.3, -0.25) is 0 Å². The smallest absolute Gasteiger partial charge is 0.310 e. The van der Waals surface area contributed by atoms with E-state index in [9.17, 15) is 8.42 Å². The molecule has 0 saturated heterocycles. The molecule has 0 unspecified atom stereocenters. The highest BCUT2D eigenvalue weighted by Crippen LogP contribution is 2.28. The molecule has 0 fully saturated rings. The summed E-state index contributed by atoms with van der Waals surface area (Å²) in [5.74, 6) is 0. The largest absolute Gasteiger partial charge is 0.447 e. The first-order chi connectivity index (χ1) is 11.0. The number of fused-ring (bicyclic) bond motifs is 1. The fourth-order valence-corrected chi connectivity index (χ4v) is 4.37. The number of aryl methyl sites for hydroxylation is 1. The lowest BCUT2D eigenvalue weighted by molar-refractivity contribution is -0.659. The number of benzene rings is 2. The second-order valence-corrected chi connectivity index (χ2v) is 7.62. The molecule has 1 aromatic heterocycles. The van der Waals surface area contributed by atoms with E-state index in [1.54, 1.807) is 34.9 Å². The molecule has 0 atom stereocenters. The van der Waals surface area contributed by atoms with Gasteiger partial charge in [-0.1, -0.05) is 36.4 Å². The van der Waals surface area contributed by atoms with Crippen LogP contribution in [-0.4, -0.2) is 8.42 Å². The minimum atomic E-state index is -3.86. The molecule has 0 N–H and O–H groups in total. The van der Waals surface area contributed by atoms with Crippen LogP contribution in [0.4, 0.5) is 0 Å². The van der Waals surface area contributed by atoms with Gasteiger partial charge < -0.3 is 4.18 Å². The summed E-state index contributed by atoms with van der Waals surface area (Å²) in [7, 11) is -3.86. The maximum absolute atomic E-state index is 12.5. The van der Waals surface area contributed by atoms with Crippen LogP contribution in [0.1, 0.15) is 5.56 Å². The quantitative estimate of drug-likeness (QED) is 0.404. The number of hydrogen-bond donors (Lipinski definition) is 0. The lowest BCUT2D eigenvalue weighted by Gasteiger charge is -2.03. The predicted octanol–water partition coefficient (Wildman–Crippen LogP) is 3.45. The summed E-state index contributed by atoms with van der Waals surface area (Å²) >= 11 is 1.30. The molecular formula is C17H16NO3S2+. The van der Waals surface area contributed by atoms with Gasteiger partial charge in [0.25, 0.3) is 0 Å². The zero-order valence-electron chi connectivity index (χ0n) is 12.6. The second kappa shape index (κ2) is 6.14. The van der Waals surface area contributed by atoms with Crippen molar-refractivity contribution in [2.75, 3.05) is 0 Å². The maximum atomic E-state index is 12.5. The summed E-state index contributed by atoms with van der Waals surface area (Å²) < 4.78 is 33.2. The Balaban J connectivity index is 2.05. The van der Waals surface area contributed by atoms with Crippen molar-refractivity contribution in [2.24, 2.45) is 0 Å². The fraction of sp³-hybridized carbons (Fsp3) is 0.118. The molecule has 0 aliphatic heterocycles. The third-order valence-electron chi connectivity index (χ3n) is 3.38. The molecule has 1 heterocycles. The highest BCUT2D eigenvalue weighted by Gasteiger charge is 2.27. The molecule has 4 nitrogen and oxygen atoms in total. The van der Waals surface area contributed by atoms with E-state index in [-0.39, 0.29) is 4.90 Å². The number of thiazole rings is 1. The van der Waals surface area contributed by atoms with Crippen LogP contribution in [0.15, 0.2) is 66.1 Å². The van der Waals surface area contributed by atoms with Crippen LogP contribution >= 0.6 is 11.3 Å². The summed E-state index contributed by atoms with van der Waals surface area (Å²) in [5, 5.41) is 0.326. The van der Waals surface area contributed by atoms with Crippen LogP contribution in [-0.2, 0) is 16.7 Å². The van der Waals surface area contributed by atoms with Crippen LogP contribution < -0.4 is 8.75 Å². The van der Waals surface area contributed by atoms with Gasteiger partial charge in [0.1, 0.15) is 9.60 Å². The predicted molar refractivity (Wildman–Crippen MR) is 91.2 cm³/mol. The molecule has 2 aromatic carbocycles. The Hall–Kier alpha value is -2.18. The van der Waals surface area contributed by atoms with Crippen LogP contribution in [0.25, 0.3) is 10.2 Å². The summed E-state index contributed by atoms with van der Waals surface area (Å²) in [6.07, 6.45) is 1.71. The highest BCUT2D eigenvalue weighted by atomic mass is 32.2. The van der Waals surface area contributed by atoms with E-state index in [2.05, 4.69) is 6.58 Å². The summed E-state index contributed by atoms with van der Waals surface area (Å²) in [6.45, 7) is 6.11. The van der Waals surface area contributed by atoms with Crippen molar-refractivity contribution in [1.29, 1.82) is 0 Å². The molecule has 0 aliphatic carbocycles. The van der Waals surface area contributed by atoms with Crippen LogP contribution in [0, 0.1) is 6.92 Å². The van der Waals surface area contributed by atoms with E-state index >= 15 is 0 Å².